The van der Waals surface area contributed by atoms with Crippen molar-refractivity contribution >= 4 is 44.1 Å². The number of anilines is 2. The van der Waals surface area contributed by atoms with E-state index in [0.717, 1.165) is 20.9 Å². The fourth-order valence-corrected chi connectivity index (χ4v) is 2.52. The molecule has 6 heteroatoms. The Morgan fingerprint density at radius 2 is 1.95 bits per heavy atom. The van der Waals surface area contributed by atoms with Gasteiger partial charge in [-0.2, -0.15) is 5.10 Å². The first-order chi connectivity index (χ1) is 9.66. The van der Waals surface area contributed by atoms with E-state index in [1.54, 1.807) is 0 Å². The summed E-state index contributed by atoms with van der Waals surface area (Å²) in [5.41, 5.74) is 6.71. The minimum atomic E-state index is -0.288. The summed E-state index contributed by atoms with van der Waals surface area (Å²) in [5, 5.41) is 11.1. The Morgan fingerprint density at radius 1 is 1.20 bits per heavy atom. The third-order valence-corrected chi connectivity index (χ3v) is 3.72. The summed E-state index contributed by atoms with van der Waals surface area (Å²) in [5.74, 6) is -0.0346. The van der Waals surface area contributed by atoms with Crippen molar-refractivity contribution in [2.75, 3.05) is 11.1 Å². The summed E-state index contributed by atoms with van der Waals surface area (Å²) in [6.07, 6.45) is 1.41. The number of carbonyl (C=O) groups excluding carboxylic acids is 1. The summed E-state index contributed by atoms with van der Waals surface area (Å²) >= 11 is 3.50. The number of halogens is 1. The first-order valence-corrected chi connectivity index (χ1v) is 6.73. The number of amides is 1. The van der Waals surface area contributed by atoms with Crippen molar-refractivity contribution in [1.29, 1.82) is 0 Å². The summed E-state index contributed by atoms with van der Waals surface area (Å²) < 4.78 is 0.980. The number of nitrogen functional groups attached to an aromatic ring is 1. The highest BCUT2D eigenvalue weighted by Crippen LogP contribution is 2.30. The molecule has 5 nitrogen and oxygen atoms in total. The highest BCUT2D eigenvalue weighted by molar-refractivity contribution is 9.10. The molecule has 4 N–H and O–H groups in total. The zero-order valence-electron chi connectivity index (χ0n) is 10.4. The molecule has 1 heterocycles. The van der Waals surface area contributed by atoms with Crippen molar-refractivity contribution in [2.45, 2.75) is 0 Å². The van der Waals surface area contributed by atoms with E-state index in [1.165, 1.54) is 6.20 Å². The number of fused-ring (bicyclic) bond motifs is 1. The Morgan fingerprint density at radius 3 is 2.65 bits per heavy atom. The molecule has 3 rings (SSSR count). The van der Waals surface area contributed by atoms with E-state index >= 15 is 0 Å². The number of H-pyrrole nitrogens is 1. The van der Waals surface area contributed by atoms with Crippen molar-refractivity contribution in [3.63, 3.8) is 0 Å². The standard InChI is InChI=1S/C14H11BrN4O/c15-11-5-6-12(9-4-2-1-3-8(9)11)18-14(20)10-7-17-19-13(10)16/h1-7H,(H,18,20)(H3,16,17,19). The van der Waals surface area contributed by atoms with Crippen LogP contribution in [0.1, 0.15) is 10.4 Å². The number of nitrogens with zero attached hydrogens (tertiary/aromatic N) is 1. The van der Waals surface area contributed by atoms with Crippen molar-refractivity contribution in [2.24, 2.45) is 0 Å². The normalized spacial score (nSPS) is 10.7. The lowest BCUT2D eigenvalue weighted by Crippen LogP contribution is -2.13. The third kappa shape index (κ3) is 2.14. The summed E-state index contributed by atoms with van der Waals surface area (Å²) in [4.78, 5) is 12.2. The smallest absolute Gasteiger partial charge is 0.261 e. The molecule has 0 spiro atoms. The van der Waals surface area contributed by atoms with Crippen LogP contribution in [0.15, 0.2) is 47.1 Å². The van der Waals surface area contributed by atoms with Gasteiger partial charge in [0.15, 0.2) is 0 Å². The molecule has 20 heavy (non-hydrogen) atoms. The molecule has 0 saturated heterocycles. The molecular formula is C14H11BrN4O. The minimum Gasteiger partial charge on any atom is -0.383 e. The van der Waals surface area contributed by atoms with Gasteiger partial charge in [-0.1, -0.05) is 40.2 Å². The summed E-state index contributed by atoms with van der Waals surface area (Å²) in [6, 6.07) is 11.6. The number of aromatic amines is 1. The van der Waals surface area contributed by atoms with Crippen LogP contribution in [0, 0.1) is 0 Å². The average Bonchev–Trinajstić information content (AvgIpc) is 2.88. The van der Waals surface area contributed by atoms with Crippen LogP contribution in [-0.4, -0.2) is 16.1 Å². The number of nitrogens with two attached hydrogens (primary N) is 1. The van der Waals surface area contributed by atoms with Gasteiger partial charge in [0.1, 0.15) is 11.4 Å². The van der Waals surface area contributed by atoms with Gasteiger partial charge in [-0.05, 0) is 17.5 Å². The number of hydrogen-bond acceptors (Lipinski definition) is 3. The SMILES string of the molecule is Nc1[nH]ncc1C(=O)Nc1ccc(Br)c2ccccc12. The van der Waals surface area contributed by atoms with Gasteiger partial charge in [-0.25, -0.2) is 0 Å². The van der Waals surface area contributed by atoms with Crippen LogP contribution in [0.2, 0.25) is 0 Å². The minimum absolute atomic E-state index is 0.254. The number of aromatic nitrogens is 2. The average molecular weight is 331 g/mol. The summed E-state index contributed by atoms with van der Waals surface area (Å²) in [6.45, 7) is 0. The van der Waals surface area contributed by atoms with Gasteiger partial charge in [0, 0.05) is 15.5 Å². The second-order valence-corrected chi connectivity index (χ2v) is 5.15. The van der Waals surface area contributed by atoms with E-state index in [1.807, 2.05) is 36.4 Å². The number of benzene rings is 2. The van der Waals surface area contributed by atoms with Gasteiger partial charge in [-0.15, -0.1) is 0 Å². The van der Waals surface area contributed by atoms with Gasteiger partial charge in [-0.3, -0.25) is 9.89 Å². The fraction of sp³-hybridized carbons (Fsp3) is 0. The van der Waals surface area contributed by atoms with Crippen molar-refractivity contribution < 1.29 is 4.79 Å². The lowest BCUT2D eigenvalue weighted by Gasteiger charge is -2.09. The Hall–Kier alpha value is -2.34. The number of rotatable bonds is 2. The zero-order chi connectivity index (χ0) is 14.1. The number of carbonyl (C=O) groups is 1. The van der Waals surface area contributed by atoms with Gasteiger partial charge in [0.2, 0.25) is 0 Å². The van der Waals surface area contributed by atoms with Crippen molar-refractivity contribution in [3.05, 3.63) is 52.6 Å². The van der Waals surface area contributed by atoms with Crippen LogP contribution in [0.25, 0.3) is 10.8 Å². The Kier molecular flexibility index (Phi) is 3.15. The molecule has 0 aliphatic heterocycles. The largest absolute Gasteiger partial charge is 0.383 e. The monoisotopic (exact) mass is 330 g/mol. The van der Waals surface area contributed by atoms with Gasteiger partial charge in [0.25, 0.3) is 5.91 Å². The van der Waals surface area contributed by atoms with E-state index in [2.05, 4.69) is 31.4 Å². The molecule has 0 fully saturated rings. The highest BCUT2D eigenvalue weighted by Gasteiger charge is 2.13. The molecule has 3 aromatic rings. The van der Waals surface area contributed by atoms with Crippen LogP contribution in [0.3, 0.4) is 0 Å². The van der Waals surface area contributed by atoms with Crippen LogP contribution in [0.5, 0.6) is 0 Å². The molecular weight excluding hydrogens is 320 g/mol. The maximum atomic E-state index is 12.2. The first-order valence-electron chi connectivity index (χ1n) is 5.94. The molecule has 100 valence electrons. The van der Waals surface area contributed by atoms with Crippen LogP contribution < -0.4 is 11.1 Å². The molecule has 2 aromatic carbocycles. The Bertz CT molecular complexity index is 797. The lowest BCUT2D eigenvalue weighted by atomic mass is 10.1. The molecule has 0 bridgehead atoms. The van der Waals surface area contributed by atoms with Crippen molar-refractivity contribution in [3.8, 4) is 0 Å². The van der Waals surface area contributed by atoms with Gasteiger partial charge >= 0.3 is 0 Å². The van der Waals surface area contributed by atoms with Crippen molar-refractivity contribution in [1.82, 2.24) is 10.2 Å². The molecule has 0 saturated carbocycles. The third-order valence-electron chi connectivity index (χ3n) is 3.03. The predicted molar refractivity (Wildman–Crippen MR) is 82.6 cm³/mol. The molecule has 0 radical (unpaired) electrons. The maximum absolute atomic E-state index is 12.2. The second kappa shape index (κ2) is 4.97. The molecule has 0 aliphatic rings. The van der Waals surface area contributed by atoms with Crippen LogP contribution >= 0.6 is 15.9 Å². The van der Waals surface area contributed by atoms with E-state index in [4.69, 9.17) is 5.73 Å². The predicted octanol–water partition coefficient (Wildman–Crippen LogP) is 3.16. The summed E-state index contributed by atoms with van der Waals surface area (Å²) in [7, 11) is 0. The fourth-order valence-electron chi connectivity index (χ4n) is 2.04. The Balaban J connectivity index is 2.02. The van der Waals surface area contributed by atoms with E-state index in [0.29, 0.717) is 5.56 Å². The molecule has 1 amide bonds. The molecule has 0 aliphatic carbocycles. The Labute approximate surface area is 123 Å². The molecule has 0 atom stereocenters. The van der Waals surface area contributed by atoms with E-state index in [9.17, 15) is 4.79 Å². The number of hydrogen-bond donors (Lipinski definition) is 3. The highest BCUT2D eigenvalue weighted by atomic mass is 79.9. The molecule has 0 unspecified atom stereocenters. The van der Waals surface area contributed by atoms with E-state index in [-0.39, 0.29) is 11.7 Å². The molecule has 1 aromatic heterocycles. The quantitative estimate of drug-likeness (QED) is 0.674. The topological polar surface area (TPSA) is 83.8 Å². The lowest BCUT2D eigenvalue weighted by molar-refractivity contribution is 0.102. The maximum Gasteiger partial charge on any atom is 0.261 e. The van der Waals surface area contributed by atoms with Gasteiger partial charge < -0.3 is 11.1 Å². The zero-order valence-corrected chi connectivity index (χ0v) is 11.9. The second-order valence-electron chi connectivity index (χ2n) is 4.29. The first kappa shape index (κ1) is 12.7. The van der Waals surface area contributed by atoms with Crippen LogP contribution in [-0.2, 0) is 0 Å². The van der Waals surface area contributed by atoms with E-state index < -0.39 is 0 Å². The van der Waals surface area contributed by atoms with Gasteiger partial charge in [0.05, 0.1) is 6.20 Å². The number of nitrogens with one attached hydrogen (secondary N) is 2. The van der Waals surface area contributed by atoms with Crippen LogP contribution in [0.4, 0.5) is 11.5 Å².